The van der Waals surface area contributed by atoms with E-state index in [1.807, 2.05) is 19.3 Å². The van der Waals surface area contributed by atoms with Crippen LogP contribution in [0.5, 0.6) is 0 Å². The van der Waals surface area contributed by atoms with Crippen molar-refractivity contribution in [1.29, 1.82) is 0 Å². The third-order valence-corrected chi connectivity index (χ3v) is 3.62. The molecular formula is C14H20N2O4. The van der Waals surface area contributed by atoms with Gasteiger partial charge >= 0.3 is 5.97 Å². The van der Waals surface area contributed by atoms with E-state index >= 15 is 0 Å². The van der Waals surface area contributed by atoms with E-state index in [-0.39, 0.29) is 24.9 Å². The van der Waals surface area contributed by atoms with Crippen molar-refractivity contribution in [1.82, 2.24) is 9.47 Å². The van der Waals surface area contributed by atoms with E-state index < -0.39 is 5.97 Å². The average Bonchev–Trinajstić information content (AvgIpc) is 2.86. The maximum Gasteiger partial charge on any atom is 0.305 e. The number of ether oxygens (including phenoxy) is 1. The van der Waals surface area contributed by atoms with Gasteiger partial charge in [0.15, 0.2) is 0 Å². The highest BCUT2D eigenvalue weighted by atomic mass is 16.5. The molecule has 0 unspecified atom stereocenters. The van der Waals surface area contributed by atoms with Crippen molar-refractivity contribution in [2.45, 2.75) is 25.3 Å². The zero-order valence-corrected chi connectivity index (χ0v) is 11.6. The molecule has 6 nitrogen and oxygen atoms in total. The van der Waals surface area contributed by atoms with Gasteiger partial charge in [0.05, 0.1) is 6.42 Å². The molecule has 1 saturated heterocycles. The number of carboxylic acids is 1. The molecule has 1 aromatic rings. The standard InChI is InChI=1S/C14H20N2O4/c1-15-7-2-3-12(15)14(19)16(8-4-13(17)18)11-5-9-20-10-6-11/h2-3,7,11H,4-6,8-10H2,1H3,(H,17,18). The molecule has 0 saturated carbocycles. The first-order chi connectivity index (χ1) is 9.59. The first-order valence-corrected chi connectivity index (χ1v) is 6.81. The molecule has 1 aromatic heterocycles. The van der Waals surface area contributed by atoms with Gasteiger partial charge in [0.1, 0.15) is 5.69 Å². The van der Waals surface area contributed by atoms with E-state index in [1.54, 1.807) is 15.5 Å². The third kappa shape index (κ3) is 3.39. The van der Waals surface area contributed by atoms with Crippen LogP contribution in [0.1, 0.15) is 29.8 Å². The Kier molecular flexibility index (Phi) is 4.79. The number of aromatic nitrogens is 1. The molecule has 0 atom stereocenters. The summed E-state index contributed by atoms with van der Waals surface area (Å²) in [5.41, 5.74) is 0.585. The van der Waals surface area contributed by atoms with Crippen molar-refractivity contribution in [3.63, 3.8) is 0 Å². The van der Waals surface area contributed by atoms with Gasteiger partial charge in [-0.1, -0.05) is 0 Å². The summed E-state index contributed by atoms with van der Waals surface area (Å²) in [6.07, 6.45) is 3.30. The molecule has 6 heteroatoms. The lowest BCUT2D eigenvalue weighted by Crippen LogP contribution is -2.45. The topological polar surface area (TPSA) is 71.8 Å². The fourth-order valence-corrected chi connectivity index (χ4v) is 2.49. The lowest BCUT2D eigenvalue weighted by atomic mass is 10.1. The number of aryl methyl sites for hydroxylation is 1. The van der Waals surface area contributed by atoms with Gasteiger partial charge in [-0.3, -0.25) is 9.59 Å². The molecule has 1 aliphatic rings. The maximum absolute atomic E-state index is 12.6. The number of hydrogen-bond acceptors (Lipinski definition) is 3. The van der Waals surface area contributed by atoms with Crippen LogP contribution in [-0.4, -0.2) is 52.3 Å². The number of aliphatic carboxylic acids is 1. The van der Waals surface area contributed by atoms with E-state index in [2.05, 4.69) is 0 Å². The van der Waals surface area contributed by atoms with Crippen LogP contribution in [0.2, 0.25) is 0 Å². The molecule has 0 aliphatic carbocycles. The Labute approximate surface area is 117 Å². The highest BCUT2D eigenvalue weighted by molar-refractivity contribution is 5.93. The second-order valence-electron chi connectivity index (χ2n) is 4.99. The summed E-state index contributed by atoms with van der Waals surface area (Å²) in [7, 11) is 1.81. The van der Waals surface area contributed by atoms with E-state index in [1.165, 1.54) is 0 Å². The largest absolute Gasteiger partial charge is 0.481 e. The van der Waals surface area contributed by atoms with Crippen LogP contribution < -0.4 is 0 Å². The second-order valence-corrected chi connectivity index (χ2v) is 4.99. The van der Waals surface area contributed by atoms with Gasteiger partial charge in [-0.25, -0.2) is 0 Å². The SMILES string of the molecule is Cn1cccc1C(=O)N(CCC(=O)O)C1CCOCC1. The minimum absolute atomic E-state index is 0.0342. The normalized spacial score (nSPS) is 16.1. The predicted octanol–water partition coefficient (Wildman–Crippen LogP) is 1.12. The Balaban J connectivity index is 2.14. The summed E-state index contributed by atoms with van der Waals surface area (Å²) < 4.78 is 7.07. The average molecular weight is 280 g/mol. The lowest BCUT2D eigenvalue weighted by molar-refractivity contribution is -0.137. The molecule has 0 radical (unpaired) electrons. The van der Waals surface area contributed by atoms with Crippen molar-refractivity contribution in [2.75, 3.05) is 19.8 Å². The van der Waals surface area contributed by atoms with E-state index in [0.717, 1.165) is 12.8 Å². The number of hydrogen-bond donors (Lipinski definition) is 1. The summed E-state index contributed by atoms with van der Waals surface area (Å²) in [4.78, 5) is 25.1. The lowest BCUT2D eigenvalue weighted by Gasteiger charge is -2.34. The zero-order valence-electron chi connectivity index (χ0n) is 11.6. The molecule has 2 rings (SSSR count). The monoisotopic (exact) mass is 280 g/mol. The molecule has 2 heterocycles. The highest BCUT2D eigenvalue weighted by Gasteiger charge is 2.27. The molecule has 1 N–H and O–H groups in total. The van der Waals surface area contributed by atoms with Crippen LogP contribution in [0.25, 0.3) is 0 Å². The zero-order chi connectivity index (χ0) is 14.5. The van der Waals surface area contributed by atoms with Crippen LogP contribution in [0, 0.1) is 0 Å². The molecule has 20 heavy (non-hydrogen) atoms. The van der Waals surface area contributed by atoms with Crippen molar-refractivity contribution in [2.24, 2.45) is 7.05 Å². The molecule has 0 aromatic carbocycles. The van der Waals surface area contributed by atoms with E-state index in [4.69, 9.17) is 9.84 Å². The quantitative estimate of drug-likeness (QED) is 0.877. The molecule has 1 fully saturated rings. The van der Waals surface area contributed by atoms with Gasteiger partial charge in [-0.2, -0.15) is 0 Å². The Bertz CT molecular complexity index is 477. The number of amides is 1. The van der Waals surface area contributed by atoms with Gasteiger partial charge in [-0.05, 0) is 25.0 Å². The highest BCUT2D eigenvalue weighted by Crippen LogP contribution is 2.18. The number of carbonyl (C=O) groups is 2. The Morgan fingerprint density at radius 1 is 1.45 bits per heavy atom. The van der Waals surface area contributed by atoms with Gasteiger partial charge in [0.25, 0.3) is 5.91 Å². The Hall–Kier alpha value is -1.82. The molecule has 1 amide bonds. The van der Waals surface area contributed by atoms with Crippen LogP contribution >= 0.6 is 0 Å². The smallest absolute Gasteiger partial charge is 0.305 e. The Morgan fingerprint density at radius 2 is 2.15 bits per heavy atom. The summed E-state index contributed by atoms with van der Waals surface area (Å²) in [5, 5.41) is 8.86. The fraction of sp³-hybridized carbons (Fsp3) is 0.571. The number of carbonyl (C=O) groups excluding carboxylic acids is 1. The number of rotatable bonds is 5. The maximum atomic E-state index is 12.6. The predicted molar refractivity (Wildman–Crippen MR) is 72.5 cm³/mol. The van der Waals surface area contributed by atoms with Crippen LogP contribution in [0.4, 0.5) is 0 Å². The van der Waals surface area contributed by atoms with Crippen LogP contribution in [-0.2, 0) is 16.6 Å². The number of nitrogens with zero attached hydrogens (tertiary/aromatic N) is 2. The van der Waals surface area contributed by atoms with Gasteiger partial charge in [0, 0.05) is 39.0 Å². The molecular weight excluding hydrogens is 260 g/mol. The molecule has 0 spiro atoms. The summed E-state index contributed by atoms with van der Waals surface area (Å²) in [5.74, 6) is -0.993. The second kappa shape index (κ2) is 6.56. The van der Waals surface area contributed by atoms with Gasteiger partial charge < -0.3 is 19.3 Å². The van der Waals surface area contributed by atoms with Crippen molar-refractivity contribution >= 4 is 11.9 Å². The summed E-state index contributed by atoms with van der Waals surface area (Å²) in [6.45, 7) is 1.48. The van der Waals surface area contributed by atoms with Gasteiger partial charge in [-0.15, -0.1) is 0 Å². The minimum atomic E-state index is -0.887. The fourth-order valence-electron chi connectivity index (χ4n) is 2.49. The van der Waals surface area contributed by atoms with Crippen molar-refractivity contribution < 1.29 is 19.4 Å². The van der Waals surface area contributed by atoms with E-state index in [9.17, 15) is 9.59 Å². The molecule has 1 aliphatic heterocycles. The number of carboxylic acid groups (broad SMARTS) is 1. The first-order valence-electron chi connectivity index (χ1n) is 6.81. The van der Waals surface area contributed by atoms with E-state index in [0.29, 0.717) is 18.9 Å². The molecule has 0 bridgehead atoms. The summed E-state index contributed by atoms with van der Waals surface area (Å²) in [6, 6.07) is 3.63. The molecule has 110 valence electrons. The third-order valence-electron chi connectivity index (χ3n) is 3.62. The van der Waals surface area contributed by atoms with Crippen molar-refractivity contribution in [3.05, 3.63) is 24.0 Å². The first kappa shape index (κ1) is 14.6. The van der Waals surface area contributed by atoms with Crippen molar-refractivity contribution in [3.8, 4) is 0 Å². The summed E-state index contributed by atoms with van der Waals surface area (Å²) >= 11 is 0. The minimum Gasteiger partial charge on any atom is -0.481 e. The van der Waals surface area contributed by atoms with Crippen LogP contribution in [0.3, 0.4) is 0 Å². The van der Waals surface area contributed by atoms with Gasteiger partial charge in [0.2, 0.25) is 0 Å². The Morgan fingerprint density at radius 3 is 2.70 bits per heavy atom. The van der Waals surface area contributed by atoms with Crippen LogP contribution in [0.15, 0.2) is 18.3 Å².